The first-order valence-corrected chi connectivity index (χ1v) is 36.4. The monoisotopic (exact) mass is 1460 g/mol. The van der Waals surface area contributed by atoms with Crippen molar-refractivity contribution >= 4 is 173 Å². The molecular formula is C58H62N18O14S7. The van der Waals surface area contributed by atoms with Gasteiger partial charge in [0.25, 0.3) is 23.6 Å². The second kappa shape index (κ2) is 31.2. The van der Waals surface area contributed by atoms with Gasteiger partial charge in [-0.2, -0.15) is 0 Å². The molecule has 1 saturated heterocycles. The molecule has 1 fully saturated rings. The molecule has 7 aliphatic rings. The maximum absolute atomic E-state index is 14.8. The molecule has 11 rings (SSSR count). The van der Waals surface area contributed by atoms with Gasteiger partial charge in [-0.15, -0.1) is 81.1 Å². The average molecular weight is 1460 g/mol. The summed E-state index contributed by atoms with van der Waals surface area (Å²) in [6.07, 6.45) is 0.739. The first-order valence-electron chi connectivity index (χ1n) is 29.7. The van der Waals surface area contributed by atoms with Crippen LogP contribution < -0.4 is 53.6 Å². The van der Waals surface area contributed by atoms with Crippen molar-refractivity contribution in [2.75, 3.05) is 36.1 Å². The van der Waals surface area contributed by atoms with Crippen LogP contribution in [0.2, 0.25) is 0 Å². The van der Waals surface area contributed by atoms with Gasteiger partial charge in [-0.05, 0) is 52.7 Å². The van der Waals surface area contributed by atoms with Gasteiger partial charge in [0, 0.05) is 45.7 Å². The topological polar surface area (TPSA) is 471 Å². The number of hydrogen-bond donors (Lipinski definition) is 12. The molecule has 0 saturated carbocycles. The molecule has 510 valence electrons. The third-order valence-corrected chi connectivity index (χ3v) is 22.3. The molecule has 0 aliphatic carbocycles. The number of primary amides is 1. The van der Waals surface area contributed by atoms with E-state index in [1.807, 2.05) is 0 Å². The average Bonchev–Trinajstić information content (AvgIpc) is 1.80. The molecule has 10 atom stereocenters. The SMILES string of the molecule is C=C1NC(=O)[C@@H]2CSC(=N2)c2csc(n2)-c2ccc3c(n2)[C@@H](C)NC(=O)[C@@H]2CCCN2C(=O)/C(=C/C)NC(=O)CNC(=O)[C@H]([C@@H](C)O)NC(=O)[C@@H](NC(=O)/C(=C/C)NC(=O)[C@@H]2CSC(=N2)[C@H](CC(N)=O)NC3=O)SC[C@@H](C(=O)O)NC(=O)[C@@H]2CSC(=N2)c2csc(n2)-c2csc1n2. The van der Waals surface area contributed by atoms with E-state index in [2.05, 4.69) is 69.4 Å². The maximum atomic E-state index is 14.8. The van der Waals surface area contributed by atoms with Crippen molar-refractivity contribution in [2.45, 2.75) is 107 Å². The van der Waals surface area contributed by atoms with Crippen LogP contribution >= 0.6 is 81.1 Å². The van der Waals surface area contributed by atoms with Crippen molar-refractivity contribution in [3.63, 3.8) is 0 Å². The fourth-order valence-corrected chi connectivity index (χ4v) is 16.8. The number of allylic oxidation sites excluding steroid dienone is 2. The van der Waals surface area contributed by atoms with Crippen molar-refractivity contribution in [3.05, 3.63) is 86.1 Å². The molecule has 4 aromatic heterocycles. The van der Waals surface area contributed by atoms with E-state index in [4.69, 9.17) is 25.7 Å². The Balaban J connectivity index is 1.04. The van der Waals surface area contributed by atoms with Crippen molar-refractivity contribution in [3.8, 4) is 21.4 Å². The van der Waals surface area contributed by atoms with E-state index in [0.29, 0.717) is 60.4 Å². The van der Waals surface area contributed by atoms with E-state index < -0.39 is 155 Å². The number of carbonyl (C=O) groups is 12. The summed E-state index contributed by atoms with van der Waals surface area (Å²) in [6, 6.07) is -7.43. The summed E-state index contributed by atoms with van der Waals surface area (Å²) in [4.78, 5) is 201. The molecule has 4 aromatic rings. The Morgan fingerprint density at radius 2 is 1.30 bits per heavy atom. The van der Waals surface area contributed by atoms with Crippen LogP contribution in [0, 0.1) is 0 Å². The summed E-state index contributed by atoms with van der Waals surface area (Å²) < 4.78 is 0. The number of nitrogens with one attached hydrogen (secondary N) is 9. The summed E-state index contributed by atoms with van der Waals surface area (Å²) in [5.74, 6) is -11.7. The minimum Gasteiger partial charge on any atom is -0.480 e. The van der Waals surface area contributed by atoms with Gasteiger partial charge in [0.15, 0.2) is 5.37 Å². The van der Waals surface area contributed by atoms with E-state index in [-0.39, 0.29) is 63.6 Å². The molecule has 0 radical (unpaired) electrons. The number of carboxylic acids is 1. The summed E-state index contributed by atoms with van der Waals surface area (Å²) in [6.45, 7) is 8.78. The minimum absolute atomic E-state index is 0.000689. The highest BCUT2D eigenvalue weighted by Gasteiger charge is 2.40. The number of thiazole rings is 3. The van der Waals surface area contributed by atoms with Gasteiger partial charge < -0.3 is 68.7 Å². The molecule has 11 heterocycles. The van der Waals surface area contributed by atoms with Gasteiger partial charge in [0.2, 0.25) is 41.4 Å². The predicted octanol–water partition coefficient (Wildman–Crippen LogP) is -0.254. The van der Waals surface area contributed by atoms with Gasteiger partial charge in [0.1, 0.15) is 89.8 Å². The second-order valence-electron chi connectivity index (χ2n) is 22.1. The molecule has 32 nitrogen and oxygen atoms in total. The van der Waals surface area contributed by atoms with Gasteiger partial charge >= 0.3 is 5.97 Å². The summed E-state index contributed by atoms with van der Waals surface area (Å²) in [5.41, 5.74) is 6.63. The number of carboxylic acid groups (broad SMARTS) is 1. The predicted molar refractivity (Wildman–Crippen MR) is 366 cm³/mol. The molecular weight excluding hydrogens is 1400 g/mol. The summed E-state index contributed by atoms with van der Waals surface area (Å²) in [5, 5.41) is 49.6. The number of nitrogens with zero attached hydrogens (tertiary/aromatic N) is 8. The van der Waals surface area contributed by atoms with Gasteiger partial charge in [-0.25, -0.2) is 24.7 Å². The van der Waals surface area contributed by atoms with Gasteiger partial charge in [-0.3, -0.25) is 67.7 Å². The zero-order valence-electron chi connectivity index (χ0n) is 51.7. The van der Waals surface area contributed by atoms with Crippen LogP contribution in [0.15, 0.2) is 73.4 Å². The van der Waals surface area contributed by atoms with Crippen molar-refractivity contribution < 1.29 is 67.7 Å². The Morgan fingerprint density at radius 1 is 0.680 bits per heavy atom. The molecule has 0 spiro atoms. The van der Waals surface area contributed by atoms with Crippen molar-refractivity contribution in [2.24, 2.45) is 20.7 Å². The zero-order chi connectivity index (χ0) is 69.5. The Morgan fingerprint density at radius 3 is 1.96 bits per heavy atom. The van der Waals surface area contributed by atoms with Crippen LogP contribution in [0.3, 0.4) is 0 Å². The molecule has 7 aliphatic heterocycles. The number of carbonyl (C=O) groups excluding carboxylic acids is 11. The number of pyridine rings is 1. The lowest BCUT2D eigenvalue weighted by atomic mass is 10.0. The third-order valence-electron chi connectivity index (χ3n) is 15.2. The number of aliphatic hydroxyl groups excluding tert-OH is 1. The normalized spacial score (nSPS) is 26.5. The molecule has 39 heteroatoms. The lowest BCUT2D eigenvalue weighted by Gasteiger charge is -2.27. The Bertz CT molecular complexity index is 4090. The standard InChI is InChI=1S/C58H62N18O14S7/c1-6-26-43(81)75-56-49(87)74-41(24(5)77)48(86)60-14-39(79)63-27(7-2)57(88)76-12-8-9-37(76)47(85)61-22(3)40-25(42(80)66-29(13-38(59)78)52-68-31(16-92-52)45(83)65-26)10-11-28(64-40)51-72-34(19-95-51)53-69-30(15-93-53)44(82)62-23(4)50-71-33(18-91-50)55-73-35(20-96-55)54-70-32(17-94-54)46(84)67-36(21-97-56)58(89)90/h6-7,10-11,18-20,22,24,29-32,36-37,41,56,77H,4,8-9,12-17,21H2,1-3,5H3,(H2,59,78)(H,60,86)(H,61,85)(H,62,82)(H,63,79)(H,65,83)(H,66,80)(H,67,84)(H,74,87)(H,75,81)(H,89,90)/b26-6-,27-7-/t22-,24-,29+,30+,31+,32+,36+,37+,41+,56+/m1/s1. The van der Waals surface area contributed by atoms with Gasteiger partial charge in [0.05, 0.1) is 58.8 Å². The number of aliphatic hydroxyl groups is 1. The quantitative estimate of drug-likeness (QED) is 0.117. The molecule has 11 amide bonds. The highest BCUT2D eigenvalue weighted by molar-refractivity contribution is 8.15. The Kier molecular flexibility index (Phi) is 22.9. The zero-order valence-corrected chi connectivity index (χ0v) is 57.4. The second-order valence-corrected chi connectivity index (χ2v) is 28.9. The molecule has 13 N–H and O–H groups in total. The highest BCUT2D eigenvalue weighted by atomic mass is 32.2. The molecule has 97 heavy (non-hydrogen) atoms. The van der Waals surface area contributed by atoms with Crippen LogP contribution in [-0.4, -0.2) is 211 Å². The third kappa shape index (κ3) is 16.8. The minimum atomic E-state index is -1.87. The number of rotatable bonds is 4. The first kappa shape index (κ1) is 71.1. The lowest BCUT2D eigenvalue weighted by Crippen LogP contribution is -2.58. The number of thioether (sulfide) groups is 4. The number of hydrogen-bond acceptors (Lipinski definition) is 27. The number of nitrogens with two attached hydrogens (primary N) is 1. The number of aliphatic carboxylic acids is 1. The number of aromatic nitrogens is 4. The highest BCUT2D eigenvalue weighted by Crippen LogP contribution is 2.34. The van der Waals surface area contributed by atoms with Crippen molar-refractivity contribution in [1.29, 1.82) is 0 Å². The molecule has 0 unspecified atom stereocenters. The van der Waals surface area contributed by atoms with E-state index in [9.17, 15) is 67.7 Å². The number of aliphatic imine (C=N–C) groups is 3. The van der Waals surface area contributed by atoms with Crippen LogP contribution in [0.5, 0.6) is 0 Å². The largest absolute Gasteiger partial charge is 0.480 e. The lowest BCUT2D eigenvalue weighted by molar-refractivity contribution is -0.141. The van der Waals surface area contributed by atoms with Crippen LogP contribution in [0.4, 0.5) is 0 Å². The smallest absolute Gasteiger partial charge is 0.327 e. The van der Waals surface area contributed by atoms with Crippen LogP contribution in [-0.2, 0) is 52.7 Å². The van der Waals surface area contributed by atoms with E-state index in [0.717, 1.165) is 18.7 Å². The Hall–Kier alpha value is -8.73. The van der Waals surface area contributed by atoms with Gasteiger partial charge in [-0.1, -0.05) is 18.7 Å². The summed E-state index contributed by atoms with van der Waals surface area (Å²) in [7, 11) is 0. The van der Waals surface area contributed by atoms with Crippen LogP contribution in [0.25, 0.3) is 27.1 Å². The first-order chi connectivity index (χ1) is 46.4. The fraction of sp³-hybridized carbons (Fsp3) is 0.397. The summed E-state index contributed by atoms with van der Waals surface area (Å²) >= 11 is 7.56. The Labute approximate surface area is 580 Å². The molecule has 16 bridgehead atoms. The fourth-order valence-electron chi connectivity index (χ4n) is 10.2. The van der Waals surface area contributed by atoms with E-state index >= 15 is 0 Å². The maximum Gasteiger partial charge on any atom is 0.327 e. The van der Waals surface area contributed by atoms with Crippen molar-refractivity contribution in [1.82, 2.24) is 72.7 Å². The number of fused-ring (bicyclic) bond motifs is 8. The van der Waals surface area contributed by atoms with E-state index in [1.54, 1.807) is 23.1 Å². The van der Waals surface area contributed by atoms with Crippen LogP contribution in [0.1, 0.15) is 85.4 Å². The van der Waals surface area contributed by atoms with E-state index in [1.165, 1.54) is 101 Å². The molecule has 0 aromatic carbocycles. The number of amides is 11.